The highest BCUT2D eigenvalue weighted by molar-refractivity contribution is 5.38. The molecule has 1 rings (SSSR count). The zero-order chi connectivity index (χ0) is 12.8. The van der Waals surface area contributed by atoms with Gasteiger partial charge in [0.1, 0.15) is 0 Å². The fraction of sp³-hybridized carbons (Fsp3) is 0.700. The Morgan fingerprint density at radius 3 is 2.53 bits per heavy atom. The van der Waals surface area contributed by atoms with Crippen molar-refractivity contribution in [2.24, 2.45) is 5.84 Å². The molecule has 0 aromatic carbocycles. The zero-order valence-corrected chi connectivity index (χ0v) is 10.8. The number of hydrogen-bond donors (Lipinski definition) is 2. The Kier molecular flexibility index (Phi) is 4.89. The number of aromatic nitrogens is 3. The van der Waals surface area contributed by atoms with E-state index in [1.807, 2.05) is 0 Å². The second kappa shape index (κ2) is 6.19. The molecular weight excluding hydrogens is 220 g/mol. The lowest BCUT2D eigenvalue weighted by Gasteiger charge is -2.26. The monoisotopic (exact) mass is 240 g/mol. The summed E-state index contributed by atoms with van der Waals surface area (Å²) in [5.41, 5.74) is 2.41. The molecule has 0 spiro atoms. The second-order valence-corrected chi connectivity index (χ2v) is 3.88. The number of nitrogen functional groups attached to an aromatic ring is 1. The predicted molar refractivity (Wildman–Crippen MR) is 67.0 cm³/mol. The third-order valence-corrected chi connectivity index (χ3v) is 2.26. The minimum atomic E-state index is 0.254. The van der Waals surface area contributed by atoms with Gasteiger partial charge in [-0.2, -0.15) is 15.0 Å². The van der Waals surface area contributed by atoms with E-state index in [2.05, 4.69) is 46.0 Å². The second-order valence-electron chi connectivity index (χ2n) is 3.88. The lowest BCUT2D eigenvalue weighted by atomic mass is 10.3. The molecule has 1 aromatic heterocycles. The molecule has 0 aliphatic carbocycles. The smallest absolute Gasteiger partial charge is 0.322 e. The van der Waals surface area contributed by atoms with Gasteiger partial charge < -0.3 is 9.64 Å². The van der Waals surface area contributed by atoms with Gasteiger partial charge in [0.25, 0.3) is 0 Å². The molecule has 7 heteroatoms. The maximum absolute atomic E-state index is 5.32. The van der Waals surface area contributed by atoms with Gasteiger partial charge >= 0.3 is 6.01 Å². The SMILES string of the molecule is CCCN(c1nc(NN)nc(OC)n1)C(C)C. The molecule has 96 valence electrons. The van der Waals surface area contributed by atoms with Crippen molar-refractivity contribution in [2.45, 2.75) is 33.2 Å². The number of nitrogens with two attached hydrogens (primary N) is 1. The lowest BCUT2D eigenvalue weighted by Crippen LogP contribution is -2.33. The summed E-state index contributed by atoms with van der Waals surface area (Å²) in [5.74, 6) is 6.19. The number of nitrogens with one attached hydrogen (secondary N) is 1. The standard InChI is InChI=1S/C10H20N6O/c1-5-6-16(7(2)3)9-12-8(15-11)13-10(14-9)17-4/h7H,5-6,11H2,1-4H3,(H,12,13,14,15). The van der Waals surface area contributed by atoms with Crippen LogP contribution in [0.3, 0.4) is 0 Å². The highest BCUT2D eigenvalue weighted by Crippen LogP contribution is 2.16. The largest absolute Gasteiger partial charge is 0.467 e. The molecule has 1 aromatic rings. The molecule has 0 bridgehead atoms. The van der Waals surface area contributed by atoms with E-state index in [-0.39, 0.29) is 6.01 Å². The maximum Gasteiger partial charge on any atom is 0.322 e. The number of ether oxygens (including phenoxy) is 1. The van der Waals surface area contributed by atoms with Gasteiger partial charge in [0.05, 0.1) is 7.11 Å². The van der Waals surface area contributed by atoms with Gasteiger partial charge in [-0.3, -0.25) is 5.43 Å². The summed E-state index contributed by atoms with van der Waals surface area (Å²) < 4.78 is 5.02. The van der Waals surface area contributed by atoms with Crippen molar-refractivity contribution in [1.29, 1.82) is 0 Å². The summed E-state index contributed by atoms with van der Waals surface area (Å²) in [6.45, 7) is 7.15. The van der Waals surface area contributed by atoms with Crippen LogP contribution in [0.1, 0.15) is 27.2 Å². The molecule has 17 heavy (non-hydrogen) atoms. The molecule has 3 N–H and O–H groups in total. The average Bonchev–Trinajstić information content (AvgIpc) is 2.34. The van der Waals surface area contributed by atoms with Gasteiger partial charge in [-0.05, 0) is 20.3 Å². The van der Waals surface area contributed by atoms with Gasteiger partial charge in [0.15, 0.2) is 0 Å². The Morgan fingerprint density at radius 2 is 2.06 bits per heavy atom. The van der Waals surface area contributed by atoms with E-state index >= 15 is 0 Å². The van der Waals surface area contributed by atoms with E-state index in [0.717, 1.165) is 13.0 Å². The van der Waals surface area contributed by atoms with Gasteiger partial charge in [0.2, 0.25) is 11.9 Å². The first-order valence-electron chi connectivity index (χ1n) is 5.65. The van der Waals surface area contributed by atoms with Crippen molar-refractivity contribution in [3.63, 3.8) is 0 Å². The molecular formula is C10H20N6O. The van der Waals surface area contributed by atoms with Crippen molar-refractivity contribution < 1.29 is 4.74 Å². The van der Waals surface area contributed by atoms with E-state index in [4.69, 9.17) is 10.6 Å². The summed E-state index contributed by atoms with van der Waals surface area (Å²) >= 11 is 0. The number of rotatable bonds is 6. The highest BCUT2D eigenvalue weighted by atomic mass is 16.5. The van der Waals surface area contributed by atoms with Crippen LogP contribution in [0.5, 0.6) is 6.01 Å². The first kappa shape index (κ1) is 13.4. The van der Waals surface area contributed by atoms with Crippen molar-refractivity contribution in [2.75, 3.05) is 24.0 Å². The molecule has 1 heterocycles. The number of hydrazine groups is 1. The van der Waals surface area contributed by atoms with Crippen molar-refractivity contribution in [1.82, 2.24) is 15.0 Å². The highest BCUT2D eigenvalue weighted by Gasteiger charge is 2.15. The molecule has 7 nitrogen and oxygen atoms in total. The van der Waals surface area contributed by atoms with Crippen LogP contribution in [0.15, 0.2) is 0 Å². The Bertz CT molecular complexity index is 334. The fourth-order valence-electron chi connectivity index (χ4n) is 1.46. The van der Waals surface area contributed by atoms with Crippen molar-refractivity contribution in [3.05, 3.63) is 0 Å². The Morgan fingerprint density at radius 1 is 1.35 bits per heavy atom. The van der Waals surface area contributed by atoms with E-state index in [1.54, 1.807) is 0 Å². The minimum Gasteiger partial charge on any atom is -0.467 e. The summed E-state index contributed by atoms with van der Waals surface area (Å²) in [4.78, 5) is 14.5. The van der Waals surface area contributed by atoms with Crippen LogP contribution in [-0.4, -0.2) is 34.6 Å². The van der Waals surface area contributed by atoms with E-state index in [1.165, 1.54) is 7.11 Å². The molecule has 0 fully saturated rings. The molecule has 0 amide bonds. The molecule has 0 saturated carbocycles. The van der Waals surface area contributed by atoms with Crippen molar-refractivity contribution in [3.8, 4) is 6.01 Å². The van der Waals surface area contributed by atoms with Crippen molar-refractivity contribution >= 4 is 11.9 Å². The number of methoxy groups -OCH3 is 1. The molecule has 0 radical (unpaired) electrons. The summed E-state index contributed by atoms with van der Waals surface area (Å²) in [5, 5.41) is 0. The van der Waals surface area contributed by atoms with Crippen LogP contribution < -0.4 is 20.9 Å². The Hall–Kier alpha value is -1.63. The normalized spacial score (nSPS) is 10.5. The van der Waals surface area contributed by atoms with Gasteiger partial charge in [-0.15, -0.1) is 0 Å². The quantitative estimate of drug-likeness (QED) is 0.561. The van der Waals surface area contributed by atoms with E-state index in [0.29, 0.717) is 17.9 Å². The molecule has 0 atom stereocenters. The van der Waals surface area contributed by atoms with E-state index < -0.39 is 0 Å². The van der Waals surface area contributed by atoms with Crippen LogP contribution >= 0.6 is 0 Å². The van der Waals surface area contributed by atoms with Crippen LogP contribution in [0, 0.1) is 0 Å². The van der Waals surface area contributed by atoms with E-state index in [9.17, 15) is 0 Å². The van der Waals surface area contributed by atoms with Crippen LogP contribution in [0.2, 0.25) is 0 Å². The van der Waals surface area contributed by atoms with Crippen LogP contribution in [0.25, 0.3) is 0 Å². The fourth-order valence-corrected chi connectivity index (χ4v) is 1.46. The number of anilines is 2. The average molecular weight is 240 g/mol. The Labute approximate surface area is 101 Å². The van der Waals surface area contributed by atoms with Crippen LogP contribution in [0.4, 0.5) is 11.9 Å². The first-order chi connectivity index (χ1) is 8.12. The lowest BCUT2D eigenvalue weighted by molar-refractivity contribution is 0.378. The van der Waals surface area contributed by atoms with Gasteiger partial charge in [0, 0.05) is 12.6 Å². The summed E-state index contributed by atoms with van der Waals surface area (Å²) in [6.07, 6.45) is 1.01. The minimum absolute atomic E-state index is 0.254. The summed E-state index contributed by atoms with van der Waals surface area (Å²) in [6, 6.07) is 0.553. The predicted octanol–water partition coefficient (Wildman–Crippen LogP) is 0.791. The first-order valence-corrected chi connectivity index (χ1v) is 5.65. The van der Waals surface area contributed by atoms with Gasteiger partial charge in [-0.25, -0.2) is 5.84 Å². The topological polar surface area (TPSA) is 89.2 Å². The van der Waals surface area contributed by atoms with Gasteiger partial charge in [-0.1, -0.05) is 6.92 Å². The third kappa shape index (κ3) is 3.42. The molecule has 0 aliphatic heterocycles. The maximum atomic E-state index is 5.32. The Balaban J connectivity index is 3.08. The number of hydrogen-bond acceptors (Lipinski definition) is 7. The third-order valence-electron chi connectivity index (χ3n) is 2.26. The molecule has 0 aliphatic rings. The van der Waals surface area contributed by atoms with Crippen LogP contribution in [-0.2, 0) is 0 Å². The zero-order valence-electron chi connectivity index (χ0n) is 10.8. The molecule has 0 saturated heterocycles. The number of nitrogens with zero attached hydrogens (tertiary/aromatic N) is 4. The summed E-state index contributed by atoms with van der Waals surface area (Å²) in [7, 11) is 1.51. The molecule has 0 unspecified atom stereocenters.